The maximum absolute atomic E-state index is 12.1. The van der Waals surface area contributed by atoms with Crippen molar-refractivity contribution < 1.29 is 14.3 Å². The monoisotopic (exact) mass is 345 g/mol. The third kappa shape index (κ3) is 3.25. The Hall–Kier alpha value is -2.81. The highest BCUT2D eigenvalue weighted by atomic mass is 32.1. The van der Waals surface area contributed by atoms with E-state index in [1.165, 1.54) is 17.5 Å². The standard InChI is InChI=1S/C15H15N5O3S/c1-8-7-24-15(17-8)18-12(21)6-23-14(22)10-4-11-9(2)19-20(3)13(11)16-5-10/h4-5,7H,6H2,1-3H3,(H,17,18,21). The molecule has 0 atom stereocenters. The summed E-state index contributed by atoms with van der Waals surface area (Å²) in [5.41, 5.74) is 2.54. The molecule has 124 valence electrons. The highest BCUT2D eigenvalue weighted by Gasteiger charge is 2.14. The molecule has 1 N–H and O–H groups in total. The third-order valence-electron chi connectivity index (χ3n) is 3.30. The van der Waals surface area contributed by atoms with Crippen molar-refractivity contribution in [1.82, 2.24) is 19.7 Å². The Labute approximate surface area is 141 Å². The van der Waals surface area contributed by atoms with E-state index in [0.717, 1.165) is 16.8 Å². The van der Waals surface area contributed by atoms with Crippen LogP contribution < -0.4 is 5.32 Å². The first-order valence-corrected chi connectivity index (χ1v) is 8.00. The van der Waals surface area contributed by atoms with Crippen LogP contribution in [0.4, 0.5) is 5.13 Å². The van der Waals surface area contributed by atoms with E-state index in [0.29, 0.717) is 10.8 Å². The van der Waals surface area contributed by atoms with E-state index in [2.05, 4.69) is 20.4 Å². The molecule has 8 nitrogen and oxygen atoms in total. The van der Waals surface area contributed by atoms with Gasteiger partial charge in [0.1, 0.15) is 0 Å². The zero-order valence-electron chi connectivity index (χ0n) is 13.4. The molecule has 0 radical (unpaired) electrons. The lowest BCUT2D eigenvalue weighted by Crippen LogP contribution is -2.21. The number of pyridine rings is 1. The lowest BCUT2D eigenvalue weighted by molar-refractivity contribution is -0.119. The van der Waals surface area contributed by atoms with Gasteiger partial charge >= 0.3 is 5.97 Å². The normalized spacial score (nSPS) is 10.8. The van der Waals surface area contributed by atoms with Gasteiger partial charge in [0.05, 0.1) is 17.0 Å². The molecule has 0 aromatic carbocycles. The van der Waals surface area contributed by atoms with Crippen LogP contribution >= 0.6 is 11.3 Å². The zero-order chi connectivity index (χ0) is 17.3. The Balaban J connectivity index is 1.64. The van der Waals surface area contributed by atoms with Gasteiger partial charge < -0.3 is 4.74 Å². The van der Waals surface area contributed by atoms with Gasteiger partial charge in [0.2, 0.25) is 0 Å². The average molecular weight is 345 g/mol. The molecule has 3 heterocycles. The van der Waals surface area contributed by atoms with Crippen molar-refractivity contribution in [3.8, 4) is 0 Å². The molecule has 24 heavy (non-hydrogen) atoms. The maximum Gasteiger partial charge on any atom is 0.340 e. The second-order valence-electron chi connectivity index (χ2n) is 5.22. The summed E-state index contributed by atoms with van der Waals surface area (Å²) in [4.78, 5) is 32.2. The molecule has 0 aliphatic heterocycles. The largest absolute Gasteiger partial charge is 0.452 e. The van der Waals surface area contributed by atoms with Gasteiger partial charge in [0.15, 0.2) is 17.4 Å². The van der Waals surface area contributed by atoms with Crippen LogP contribution in [0.15, 0.2) is 17.6 Å². The van der Waals surface area contributed by atoms with Gasteiger partial charge in [-0.2, -0.15) is 5.10 Å². The van der Waals surface area contributed by atoms with Crippen molar-refractivity contribution in [3.63, 3.8) is 0 Å². The number of carbonyl (C=O) groups excluding carboxylic acids is 2. The van der Waals surface area contributed by atoms with E-state index in [1.807, 2.05) is 19.2 Å². The minimum absolute atomic E-state index is 0.275. The van der Waals surface area contributed by atoms with Gasteiger partial charge in [-0.05, 0) is 19.9 Å². The molecule has 0 saturated heterocycles. The number of rotatable bonds is 4. The van der Waals surface area contributed by atoms with Crippen LogP contribution in [0.5, 0.6) is 0 Å². The number of ether oxygens (including phenoxy) is 1. The first kappa shape index (κ1) is 16.1. The molecular weight excluding hydrogens is 330 g/mol. The van der Waals surface area contributed by atoms with Crippen LogP contribution in [0.25, 0.3) is 11.0 Å². The lowest BCUT2D eigenvalue weighted by Gasteiger charge is -2.05. The predicted octanol–water partition coefficient (Wildman–Crippen LogP) is 1.84. The average Bonchev–Trinajstić information content (AvgIpc) is 3.08. The smallest absolute Gasteiger partial charge is 0.340 e. The molecule has 3 aromatic heterocycles. The van der Waals surface area contributed by atoms with Crippen molar-refractivity contribution in [3.05, 3.63) is 34.6 Å². The summed E-state index contributed by atoms with van der Waals surface area (Å²) in [6.45, 7) is 3.28. The SMILES string of the molecule is Cc1csc(NC(=O)COC(=O)c2cnc3c(c2)c(C)nn3C)n1. The fraction of sp³-hybridized carbons (Fsp3) is 0.267. The lowest BCUT2D eigenvalue weighted by atomic mass is 10.2. The van der Waals surface area contributed by atoms with Crippen molar-refractivity contribution in [2.75, 3.05) is 11.9 Å². The van der Waals surface area contributed by atoms with E-state index < -0.39 is 11.9 Å². The summed E-state index contributed by atoms with van der Waals surface area (Å²) in [5.74, 6) is -1.05. The second kappa shape index (κ2) is 6.36. The topological polar surface area (TPSA) is 99.0 Å². The van der Waals surface area contributed by atoms with Crippen LogP contribution in [0.2, 0.25) is 0 Å². The van der Waals surface area contributed by atoms with Crippen LogP contribution in [0.3, 0.4) is 0 Å². The number of hydrogen-bond acceptors (Lipinski definition) is 7. The number of carbonyl (C=O) groups is 2. The maximum atomic E-state index is 12.1. The number of anilines is 1. The van der Waals surface area contributed by atoms with Gasteiger partial charge in [0, 0.05) is 24.0 Å². The fourth-order valence-electron chi connectivity index (χ4n) is 2.20. The molecule has 0 aliphatic rings. The predicted molar refractivity (Wildman–Crippen MR) is 89.0 cm³/mol. The number of esters is 1. The molecule has 3 rings (SSSR count). The molecule has 0 fully saturated rings. The van der Waals surface area contributed by atoms with E-state index in [4.69, 9.17) is 4.74 Å². The third-order valence-corrected chi connectivity index (χ3v) is 4.17. The Morgan fingerprint density at radius 1 is 1.38 bits per heavy atom. The minimum Gasteiger partial charge on any atom is -0.452 e. The minimum atomic E-state index is -0.613. The summed E-state index contributed by atoms with van der Waals surface area (Å²) < 4.78 is 6.67. The number of aromatic nitrogens is 4. The van der Waals surface area contributed by atoms with Gasteiger partial charge in [-0.3, -0.25) is 14.8 Å². The van der Waals surface area contributed by atoms with Gasteiger partial charge in [-0.15, -0.1) is 11.3 Å². The van der Waals surface area contributed by atoms with Crippen LogP contribution in [-0.2, 0) is 16.6 Å². The van der Waals surface area contributed by atoms with E-state index in [1.54, 1.807) is 17.8 Å². The Kier molecular flexibility index (Phi) is 4.26. The summed E-state index contributed by atoms with van der Waals surface area (Å²) in [7, 11) is 1.78. The molecule has 0 unspecified atom stereocenters. The number of hydrogen-bond donors (Lipinski definition) is 1. The first-order chi connectivity index (χ1) is 11.4. The van der Waals surface area contributed by atoms with Gasteiger partial charge in [-0.25, -0.2) is 14.8 Å². The van der Waals surface area contributed by atoms with Gasteiger partial charge in [0.25, 0.3) is 5.91 Å². The highest BCUT2D eigenvalue weighted by molar-refractivity contribution is 7.13. The van der Waals surface area contributed by atoms with E-state index in [9.17, 15) is 9.59 Å². The molecular formula is C15H15N5O3S. The molecule has 3 aromatic rings. The Bertz CT molecular complexity index is 930. The van der Waals surface area contributed by atoms with Crippen molar-refractivity contribution in [2.24, 2.45) is 7.05 Å². The van der Waals surface area contributed by atoms with Crippen LogP contribution in [-0.4, -0.2) is 38.2 Å². The van der Waals surface area contributed by atoms with E-state index in [-0.39, 0.29) is 12.2 Å². The molecule has 0 saturated carbocycles. The van der Waals surface area contributed by atoms with Crippen LogP contribution in [0.1, 0.15) is 21.7 Å². The van der Waals surface area contributed by atoms with Crippen molar-refractivity contribution in [1.29, 1.82) is 0 Å². The molecule has 0 spiro atoms. The number of nitrogens with zero attached hydrogens (tertiary/aromatic N) is 4. The fourth-order valence-corrected chi connectivity index (χ4v) is 2.91. The first-order valence-electron chi connectivity index (χ1n) is 7.12. The summed E-state index contributed by atoms with van der Waals surface area (Å²) in [5, 5.41) is 9.89. The number of nitrogens with one attached hydrogen (secondary N) is 1. The molecule has 0 aliphatic carbocycles. The summed E-state index contributed by atoms with van der Waals surface area (Å²) in [6, 6.07) is 1.66. The van der Waals surface area contributed by atoms with E-state index >= 15 is 0 Å². The molecule has 9 heteroatoms. The number of thiazole rings is 1. The number of amides is 1. The quantitative estimate of drug-likeness (QED) is 0.724. The second-order valence-corrected chi connectivity index (χ2v) is 6.08. The van der Waals surface area contributed by atoms with Crippen molar-refractivity contribution in [2.45, 2.75) is 13.8 Å². The Morgan fingerprint density at radius 2 is 2.17 bits per heavy atom. The van der Waals surface area contributed by atoms with Crippen molar-refractivity contribution >= 4 is 39.4 Å². The summed E-state index contributed by atoms with van der Waals surface area (Å²) in [6.07, 6.45) is 1.41. The molecule has 1 amide bonds. The summed E-state index contributed by atoms with van der Waals surface area (Å²) >= 11 is 1.31. The zero-order valence-corrected chi connectivity index (χ0v) is 14.2. The van der Waals surface area contributed by atoms with Crippen LogP contribution in [0, 0.1) is 13.8 Å². The highest BCUT2D eigenvalue weighted by Crippen LogP contribution is 2.17. The van der Waals surface area contributed by atoms with Gasteiger partial charge in [-0.1, -0.05) is 0 Å². The number of fused-ring (bicyclic) bond motifs is 1. The molecule has 0 bridgehead atoms. The Morgan fingerprint density at radius 3 is 2.88 bits per heavy atom. The number of aryl methyl sites for hydroxylation is 3.